The summed E-state index contributed by atoms with van der Waals surface area (Å²) in [6.07, 6.45) is -5.08. The van der Waals surface area contributed by atoms with Gasteiger partial charge in [-0.15, -0.1) is 0 Å². The van der Waals surface area contributed by atoms with Crippen LogP contribution < -0.4 is 0 Å². The Morgan fingerprint density at radius 3 is 2.35 bits per heavy atom. The number of allylic oxidation sites excluding steroid dienone is 1. The highest BCUT2D eigenvalue weighted by molar-refractivity contribution is 5.94. The molecule has 1 heterocycles. The molecule has 1 aliphatic heterocycles. The Morgan fingerprint density at radius 1 is 1.26 bits per heavy atom. The number of carbonyl (C=O) groups excluding carboxylic acids is 1. The molecule has 3 nitrogen and oxygen atoms in total. The van der Waals surface area contributed by atoms with Crippen LogP contribution in [0.1, 0.15) is 25.3 Å². The molecule has 0 aromatic heterocycles. The molecular formula is C17H20F3NO2. The summed E-state index contributed by atoms with van der Waals surface area (Å²) in [5.41, 5.74) is 1.75. The molecule has 1 N–H and O–H groups in total. The van der Waals surface area contributed by atoms with E-state index in [0.717, 1.165) is 11.1 Å². The van der Waals surface area contributed by atoms with E-state index < -0.39 is 18.2 Å². The normalized spacial score (nSPS) is 18.8. The van der Waals surface area contributed by atoms with Crippen LogP contribution >= 0.6 is 0 Å². The number of likely N-dealkylation sites (tertiary alicyclic amines) is 1. The number of carbonyl (C=O) groups is 1. The van der Waals surface area contributed by atoms with Crippen LogP contribution in [-0.4, -0.2) is 41.3 Å². The van der Waals surface area contributed by atoms with Crippen LogP contribution in [0.2, 0.25) is 0 Å². The first kappa shape index (κ1) is 17.5. The van der Waals surface area contributed by atoms with Gasteiger partial charge in [-0.2, -0.15) is 13.2 Å². The van der Waals surface area contributed by atoms with Crippen molar-refractivity contribution in [2.45, 2.75) is 32.0 Å². The highest BCUT2D eigenvalue weighted by atomic mass is 19.4. The van der Waals surface area contributed by atoms with Crippen molar-refractivity contribution in [1.82, 2.24) is 4.90 Å². The summed E-state index contributed by atoms with van der Waals surface area (Å²) in [5.74, 6) is -1.04. The molecule has 126 valence electrons. The molecule has 0 aliphatic carbocycles. The number of aliphatic hydroxyl groups is 1. The van der Waals surface area contributed by atoms with Gasteiger partial charge in [0.1, 0.15) is 0 Å². The van der Waals surface area contributed by atoms with Crippen LogP contribution in [-0.2, 0) is 4.79 Å². The van der Waals surface area contributed by atoms with Crippen molar-refractivity contribution in [3.05, 3.63) is 42.0 Å². The van der Waals surface area contributed by atoms with Crippen LogP contribution in [0, 0.1) is 5.92 Å². The maximum atomic E-state index is 12.5. The van der Waals surface area contributed by atoms with Crippen LogP contribution in [0.25, 0.3) is 5.57 Å². The van der Waals surface area contributed by atoms with E-state index in [9.17, 15) is 23.1 Å². The van der Waals surface area contributed by atoms with Crippen LogP contribution in [0.5, 0.6) is 0 Å². The fraction of sp³-hybridized carbons (Fsp3) is 0.471. The Hall–Kier alpha value is -1.82. The molecular weight excluding hydrogens is 307 g/mol. The van der Waals surface area contributed by atoms with Crippen molar-refractivity contribution in [2.24, 2.45) is 5.92 Å². The molecule has 1 aromatic carbocycles. The number of halogens is 3. The summed E-state index contributed by atoms with van der Waals surface area (Å²) in [6.45, 7) is 2.29. The topological polar surface area (TPSA) is 40.5 Å². The number of rotatable bonds is 3. The average Bonchev–Trinajstić information content (AvgIpc) is 2.54. The van der Waals surface area contributed by atoms with Crippen molar-refractivity contribution < 1.29 is 23.1 Å². The molecule has 0 saturated carbocycles. The van der Waals surface area contributed by atoms with E-state index in [1.807, 2.05) is 37.3 Å². The Balaban J connectivity index is 1.94. The quantitative estimate of drug-likeness (QED) is 0.866. The minimum Gasteiger partial charge on any atom is -0.383 e. The molecule has 1 fully saturated rings. The molecule has 0 spiro atoms. The van der Waals surface area contributed by atoms with Gasteiger partial charge in [0.15, 0.2) is 6.10 Å². The van der Waals surface area contributed by atoms with E-state index in [4.69, 9.17) is 0 Å². The molecule has 1 unspecified atom stereocenters. The van der Waals surface area contributed by atoms with Crippen molar-refractivity contribution in [1.29, 1.82) is 0 Å². The Morgan fingerprint density at radius 2 is 1.83 bits per heavy atom. The minimum atomic E-state index is -4.60. The largest absolute Gasteiger partial charge is 0.414 e. The lowest BCUT2D eigenvalue weighted by atomic mass is 9.91. The maximum absolute atomic E-state index is 12.5. The number of aliphatic hydroxyl groups excluding tert-OH is 1. The molecule has 2 rings (SSSR count). The minimum absolute atomic E-state index is 0.157. The van der Waals surface area contributed by atoms with Crippen molar-refractivity contribution in [2.75, 3.05) is 13.1 Å². The van der Waals surface area contributed by atoms with Crippen LogP contribution in [0.4, 0.5) is 13.2 Å². The second kappa shape index (κ2) is 7.17. The van der Waals surface area contributed by atoms with Gasteiger partial charge < -0.3 is 10.0 Å². The number of amides is 1. The Kier molecular flexibility index (Phi) is 5.46. The average molecular weight is 327 g/mol. The number of alkyl halides is 3. The molecule has 1 aromatic rings. The number of piperidine rings is 1. The van der Waals surface area contributed by atoms with Crippen LogP contribution in [0.15, 0.2) is 36.4 Å². The number of hydrogen-bond donors (Lipinski definition) is 1. The van der Waals surface area contributed by atoms with Gasteiger partial charge in [-0.1, -0.05) is 30.3 Å². The lowest BCUT2D eigenvalue weighted by Gasteiger charge is -2.34. The summed E-state index contributed by atoms with van der Waals surface area (Å²) in [6, 6.07) is 9.42. The monoisotopic (exact) mass is 327 g/mol. The fourth-order valence-electron chi connectivity index (χ4n) is 2.76. The highest BCUT2D eigenvalue weighted by Crippen LogP contribution is 2.31. The van der Waals surface area contributed by atoms with Gasteiger partial charge >= 0.3 is 6.18 Å². The van der Waals surface area contributed by atoms with Gasteiger partial charge in [0.05, 0.1) is 0 Å². The Bertz CT molecular complexity index is 561. The molecule has 0 radical (unpaired) electrons. The number of nitrogens with zero attached hydrogens (tertiary/aromatic N) is 1. The summed E-state index contributed by atoms with van der Waals surface area (Å²) in [4.78, 5) is 13.8. The maximum Gasteiger partial charge on any atom is 0.414 e. The molecule has 1 amide bonds. The molecule has 0 bridgehead atoms. The Labute approximate surface area is 133 Å². The van der Waals surface area contributed by atoms with Gasteiger partial charge in [0.25, 0.3) is 0 Å². The second-order valence-electron chi connectivity index (χ2n) is 5.84. The molecule has 6 heteroatoms. The van der Waals surface area contributed by atoms with Gasteiger partial charge in [-0.3, -0.25) is 4.79 Å². The third-order valence-corrected chi connectivity index (χ3v) is 4.20. The van der Waals surface area contributed by atoms with Crippen molar-refractivity contribution in [3.8, 4) is 0 Å². The summed E-state index contributed by atoms with van der Waals surface area (Å²) >= 11 is 0. The lowest BCUT2D eigenvalue weighted by Crippen LogP contribution is -2.44. The first-order valence-corrected chi connectivity index (χ1v) is 7.56. The van der Waals surface area contributed by atoms with Crippen LogP contribution in [0.3, 0.4) is 0 Å². The van der Waals surface area contributed by atoms with Crippen molar-refractivity contribution in [3.63, 3.8) is 0 Å². The molecule has 1 atom stereocenters. The number of hydrogen-bond acceptors (Lipinski definition) is 2. The summed E-state index contributed by atoms with van der Waals surface area (Å²) in [7, 11) is 0. The van der Waals surface area contributed by atoms with Gasteiger partial charge in [0.2, 0.25) is 5.91 Å². The SMILES string of the molecule is C/C(=C/C(=O)N1CCC(C(O)C(F)(F)F)CC1)c1ccccc1. The summed E-state index contributed by atoms with van der Waals surface area (Å²) < 4.78 is 37.5. The molecule has 1 aliphatic rings. The summed E-state index contributed by atoms with van der Waals surface area (Å²) in [5, 5.41) is 9.29. The van der Waals surface area contributed by atoms with E-state index in [0.29, 0.717) is 0 Å². The van der Waals surface area contributed by atoms with Crippen molar-refractivity contribution >= 4 is 11.5 Å². The fourth-order valence-corrected chi connectivity index (χ4v) is 2.76. The third kappa shape index (κ3) is 4.58. The molecule has 23 heavy (non-hydrogen) atoms. The molecule has 1 saturated heterocycles. The van der Waals surface area contributed by atoms with Gasteiger partial charge in [-0.25, -0.2) is 0 Å². The second-order valence-corrected chi connectivity index (χ2v) is 5.84. The predicted molar refractivity (Wildman–Crippen MR) is 81.5 cm³/mol. The zero-order valence-electron chi connectivity index (χ0n) is 12.9. The zero-order valence-corrected chi connectivity index (χ0v) is 12.9. The van der Waals surface area contributed by atoms with E-state index in [1.54, 1.807) is 0 Å². The highest BCUT2D eigenvalue weighted by Gasteiger charge is 2.44. The van der Waals surface area contributed by atoms with E-state index >= 15 is 0 Å². The third-order valence-electron chi connectivity index (χ3n) is 4.20. The lowest BCUT2D eigenvalue weighted by molar-refractivity contribution is -0.222. The number of benzene rings is 1. The first-order chi connectivity index (χ1) is 10.8. The van der Waals surface area contributed by atoms with E-state index in [2.05, 4.69) is 0 Å². The smallest absolute Gasteiger partial charge is 0.383 e. The van der Waals surface area contributed by atoms with E-state index in [-0.39, 0.29) is 31.8 Å². The van der Waals surface area contributed by atoms with Gasteiger partial charge in [-0.05, 0) is 36.8 Å². The standard InChI is InChI=1S/C17H20F3NO2/c1-12(13-5-3-2-4-6-13)11-15(22)21-9-7-14(8-10-21)16(23)17(18,19)20/h2-6,11,14,16,23H,7-10H2,1H3/b12-11-. The zero-order chi connectivity index (χ0) is 17.0. The van der Waals surface area contributed by atoms with E-state index in [1.165, 1.54) is 11.0 Å². The predicted octanol–water partition coefficient (Wildman–Crippen LogP) is 3.25. The first-order valence-electron chi connectivity index (χ1n) is 7.56. The van der Waals surface area contributed by atoms with Gasteiger partial charge in [0, 0.05) is 19.2 Å².